The Morgan fingerprint density at radius 3 is 1.62 bits per heavy atom. The topological polar surface area (TPSA) is 108 Å². The Labute approximate surface area is 307 Å². The van der Waals surface area contributed by atoms with Crippen LogP contribution in [0.15, 0.2) is 24.3 Å². The van der Waals surface area contributed by atoms with Gasteiger partial charge >= 0.3 is 19.8 Å². The van der Waals surface area contributed by atoms with E-state index in [2.05, 4.69) is 38.2 Å². The van der Waals surface area contributed by atoms with Crippen molar-refractivity contribution in [3.63, 3.8) is 0 Å². The van der Waals surface area contributed by atoms with Crippen LogP contribution in [0.5, 0.6) is 0 Å². The molecule has 0 aliphatic carbocycles. The number of unbranched alkanes of at least 4 members (excludes halogenated alkanes) is 18. The van der Waals surface area contributed by atoms with Crippen LogP contribution in [-0.4, -0.2) is 74.9 Å². The minimum absolute atomic E-state index is 0.0303. The lowest BCUT2D eigenvalue weighted by molar-refractivity contribution is -0.870. The number of carbonyl (C=O) groups is 2. The second-order valence-corrected chi connectivity index (χ2v) is 16.1. The van der Waals surface area contributed by atoms with Crippen LogP contribution in [0, 0.1) is 0 Å². The minimum atomic E-state index is -4.37. The lowest BCUT2D eigenvalue weighted by Gasteiger charge is -2.24. The molecule has 0 amide bonds. The van der Waals surface area contributed by atoms with E-state index in [-0.39, 0.29) is 32.0 Å². The molecule has 50 heavy (non-hydrogen) atoms. The molecular weight excluding hydrogens is 653 g/mol. The van der Waals surface area contributed by atoms with E-state index in [4.69, 9.17) is 18.5 Å². The molecule has 0 aliphatic rings. The van der Waals surface area contributed by atoms with Gasteiger partial charge in [-0.1, -0.05) is 134 Å². The van der Waals surface area contributed by atoms with Crippen molar-refractivity contribution in [1.29, 1.82) is 0 Å². The molecule has 2 atom stereocenters. The van der Waals surface area contributed by atoms with Crippen LogP contribution in [0.3, 0.4) is 0 Å². The molecule has 0 fully saturated rings. The zero-order valence-electron chi connectivity index (χ0n) is 32.9. The van der Waals surface area contributed by atoms with Gasteiger partial charge in [0, 0.05) is 12.8 Å². The normalized spacial score (nSPS) is 14.0. The lowest BCUT2D eigenvalue weighted by atomic mass is 10.1. The van der Waals surface area contributed by atoms with Gasteiger partial charge in [0.05, 0.1) is 27.7 Å². The van der Waals surface area contributed by atoms with Gasteiger partial charge in [-0.2, -0.15) is 0 Å². The van der Waals surface area contributed by atoms with Crippen molar-refractivity contribution in [3.05, 3.63) is 24.3 Å². The van der Waals surface area contributed by atoms with Crippen LogP contribution in [-0.2, 0) is 32.7 Å². The van der Waals surface area contributed by atoms with E-state index in [0.29, 0.717) is 17.4 Å². The van der Waals surface area contributed by atoms with Gasteiger partial charge < -0.3 is 18.9 Å². The monoisotopic (exact) mass is 731 g/mol. The number of hydrogen-bond acceptors (Lipinski definition) is 7. The summed E-state index contributed by atoms with van der Waals surface area (Å²) in [5.41, 5.74) is 0. The molecule has 0 aliphatic heterocycles. The Morgan fingerprint density at radius 1 is 0.620 bits per heavy atom. The summed E-state index contributed by atoms with van der Waals surface area (Å²) in [5.74, 6) is -0.813. The number of carbonyl (C=O) groups excluding carboxylic acids is 2. The Morgan fingerprint density at radius 2 is 1.08 bits per heavy atom. The third kappa shape index (κ3) is 36.3. The number of quaternary nitrogens is 1. The largest absolute Gasteiger partial charge is 0.472 e. The van der Waals surface area contributed by atoms with Gasteiger partial charge in [-0.05, 0) is 44.9 Å². The van der Waals surface area contributed by atoms with Crippen LogP contribution in [0.1, 0.15) is 168 Å². The fraction of sp³-hybridized carbons (Fsp3) is 0.850. The number of esters is 2. The molecular formula is C40H77NO8P+. The molecule has 0 saturated heterocycles. The molecule has 0 heterocycles. The van der Waals surface area contributed by atoms with Gasteiger partial charge in [-0.15, -0.1) is 0 Å². The van der Waals surface area contributed by atoms with Crippen LogP contribution in [0.25, 0.3) is 0 Å². The maximum atomic E-state index is 12.6. The molecule has 10 heteroatoms. The summed E-state index contributed by atoms with van der Waals surface area (Å²) in [6, 6.07) is 0. The highest BCUT2D eigenvalue weighted by molar-refractivity contribution is 7.47. The van der Waals surface area contributed by atoms with E-state index in [9.17, 15) is 19.0 Å². The van der Waals surface area contributed by atoms with Crippen LogP contribution < -0.4 is 0 Å². The van der Waals surface area contributed by atoms with E-state index >= 15 is 0 Å². The van der Waals surface area contributed by atoms with Gasteiger partial charge in [0.15, 0.2) is 6.10 Å². The maximum absolute atomic E-state index is 12.6. The zero-order chi connectivity index (χ0) is 37.2. The van der Waals surface area contributed by atoms with Crippen molar-refractivity contribution in [3.8, 4) is 0 Å². The fourth-order valence-electron chi connectivity index (χ4n) is 5.28. The summed E-state index contributed by atoms with van der Waals surface area (Å²) in [4.78, 5) is 35.2. The first-order chi connectivity index (χ1) is 24.0. The Kier molecular flexibility index (Phi) is 32.3. The van der Waals surface area contributed by atoms with E-state index in [0.717, 1.165) is 57.8 Å². The van der Waals surface area contributed by atoms with Crippen molar-refractivity contribution in [2.45, 2.75) is 174 Å². The quantitative estimate of drug-likeness (QED) is 0.0223. The number of nitrogens with zero attached hydrogens (tertiary/aromatic N) is 1. The Hall–Kier alpha value is -1.51. The first-order valence-corrected chi connectivity index (χ1v) is 21.6. The second-order valence-electron chi connectivity index (χ2n) is 14.7. The summed E-state index contributed by atoms with van der Waals surface area (Å²) >= 11 is 0. The zero-order valence-corrected chi connectivity index (χ0v) is 33.8. The van der Waals surface area contributed by atoms with Crippen molar-refractivity contribution in [2.75, 3.05) is 47.5 Å². The van der Waals surface area contributed by atoms with Crippen LogP contribution in [0.2, 0.25) is 0 Å². The first-order valence-electron chi connectivity index (χ1n) is 20.1. The molecule has 0 aromatic rings. The molecule has 0 bridgehead atoms. The lowest BCUT2D eigenvalue weighted by Crippen LogP contribution is -2.37. The Bertz CT molecular complexity index is 918. The third-order valence-electron chi connectivity index (χ3n) is 8.48. The van der Waals surface area contributed by atoms with E-state index < -0.39 is 26.5 Å². The molecule has 0 aromatic heterocycles. The van der Waals surface area contributed by atoms with Crippen LogP contribution >= 0.6 is 7.82 Å². The average molecular weight is 731 g/mol. The maximum Gasteiger partial charge on any atom is 0.472 e. The average Bonchev–Trinajstić information content (AvgIpc) is 3.06. The van der Waals surface area contributed by atoms with Gasteiger partial charge in [0.1, 0.15) is 19.8 Å². The van der Waals surface area contributed by atoms with Crippen molar-refractivity contribution >= 4 is 19.8 Å². The van der Waals surface area contributed by atoms with Crippen molar-refractivity contribution < 1.29 is 42.1 Å². The number of rotatable bonds is 36. The van der Waals surface area contributed by atoms with E-state index in [1.807, 2.05) is 21.1 Å². The molecule has 0 saturated carbocycles. The molecule has 0 rings (SSSR count). The summed E-state index contributed by atoms with van der Waals surface area (Å²) in [7, 11) is 1.47. The van der Waals surface area contributed by atoms with Crippen molar-refractivity contribution in [1.82, 2.24) is 0 Å². The number of phosphoric acid groups is 1. The number of allylic oxidation sites excluding steroid dienone is 4. The van der Waals surface area contributed by atoms with Gasteiger partial charge in [-0.3, -0.25) is 18.6 Å². The number of hydrogen-bond donors (Lipinski definition) is 1. The minimum Gasteiger partial charge on any atom is -0.462 e. The standard InChI is InChI=1S/C40H76NO8P/c1-6-8-10-12-14-16-18-19-20-21-23-25-27-29-31-33-40(43)49-38(37-48-50(44,45)47-35-34-41(3,4)5)36-46-39(42)32-30-28-26-24-22-17-15-13-11-9-7-2/h14,16,19-20,38H,6-13,15,17-18,21-37H2,1-5H3/p+1. The molecule has 0 spiro atoms. The summed E-state index contributed by atoms with van der Waals surface area (Å²) in [5, 5.41) is 0. The third-order valence-corrected chi connectivity index (χ3v) is 9.47. The van der Waals surface area contributed by atoms with Gasteiger partial charge in [-0.25, -0.2) is 4.57 Å². The highest BCUT2D eigenvalue weighted by atomic mass is 31.2. The number of likely N-dealkylation sites (N-methyl/N-ethyl adjacent to an activating group) is 1. The molecule has 294 valence electrons. The van der Waals surface area contributed by atoms with Gasteiger partial charge in [0.2, 0.25) is 0 Å². The predicted octanol–water partition coefficient (Wildman–Crippen LogP) is 10.8. The van der Waals surface area contributed by atoms with Crippen LogP contribution in [0.4, 0.5) is 0 Å². The molecule has 2 unspecified atom stereocenters. The van der Waals surface area contributed by atoms with E-state index in [1.54, 1.807) is 0 Å². The van der Waals surface area contributed by atoms with Gasteiger partial charge in [0.25, 0.3) is 0 Å². The first kappa shape index (κ1) is 48.5. The summed E-state index contributed by atoms with van der Waals surface area (Å²) in [6.45, 7) is 4.36. The number of phosphoric ester groups is 1. The SMILES string of the molecule is CCCCCC=CCC=CCCCCCCCC(=O)OC(COC(=O)CCCCCCCCCCCCC)COP(=O)(O)OCC[N+](C)(C)C. The molecule has 9 nitrogen and oxygen atoms in total. The second kappa shape index (κ2) is 33.3. The summed E-state index contributed by atoms with van der Waals surface area (Å²) < 4.78 is 34.2. The molecule has 0 radical (unpaired) electrons. The van der Waals surface area contributed by atoms with Crippen molar-refractivity contribution in [2.24, 2.45) is 0 Å². The predicted molar refractivity (Wildman–Crippen MR) is 206 cm³/mol. The number of ether oxygens (including phenoxy) is 2. The molecule has 0 aromatic carbocycles. The Balaban J connectivity index is 4.44. The fourth-order valence-corrected chi connectivity index (χ4v) is 6.02. The highest BCUT2D eigenvalue weighted by Gasteiger charge is 2.27. The molecule has 1 N–H and O–H groups in total. The summed E-state index contributed by atoms with van der Waals surface area (Å²) in [6.07, 6.45) is 33.6. The smallest absolute Gasteiger partial charge is 0.462 e. The van der Waals surface area contributed by atoms with E-state index in [1.165, 1.54) is 77.0 Å². The highest BCUT2D eigenvalue weighted by Crippen LogP contribution is 2.43.